The van der Waals surface area contributed by atoms with Crippen LogP contribution < -0.4 is 68.9 Å². The van der Waals surface area contributed by atoms with Crippen molar-refractivity contribution in [3.63, 3.8) is 0 Å². The van der Waals surface area contributed by atoms with Crippen molar-refractivity contribution in [1.82, 2.24) is 0 Å². The van der Waals surface area contributed by atoms with Gasteiger partial charge in [0.15, 0.2) is 6.29 Å². The van der Waals surface area contributed by atoms with E-state index in [1.807, 2.05) is 0 Å². The number of aliphatic hydroxyl groups is 4. The van der Waals surface area contributed by atoms with Crippen molar-refractivity contribution in [2.75, 3.05) is 6.61 Å². The van der Waals surface area contributed by atoms with Crippen LogP contribution in [0, 0.1) is 0 Å². The quantitative estimate of drug-likeness (QED) is 0.293. The number of ether oxygens (including phenoxy) is 1. The smallest absolute Gasteiger partial charge is 0.790 e. The molecule has 1 aliphatic rings. The van der Waals surface area contributed by atoms with Crippen LogP contribution in [0.25, 0.3) is 0 Å². The molecule has 1 unspecified atom stereocenters. The first-order valence-electron chi connectivity index (χ1n) is 4.27. The zero-order valence-corrected chi connectivity index (χ0v) is 14.8. The second kappa shape index (κ2) is 9.04. The van der Waals surface area contributed by atoms with E-state index in [1.54, 1.807) is 0 Å². The van der Waals surface area contributed by atoms with Crippen LogP contribution in [0.2, 0.25) is 0 Å². The van der Waals surface area contributed by atoms with Gasteiger partial charge in [-0.15, -0.1) is 0 Å². The maximum atomic E-state index is 10.3. The minimum absolute atomic E-state index is 0. The molecule has 0 bridgehead atoms. The third kappa shape index (κ3) is 6.13. The Morgan fingerprint density at radius 1 is 1.11 bits per heavy atom. The van der Waals surface area contributed by atoms with Crippen LogP contribution in [0.15, 0.2) is 0 Å². The van der Waals surface area contributed by atoms with Gasteiger partial charge in [-0.1, -0.05) is 0 Å². The summed E-state index contributed by atoms with van der Waals surface area (Å²) in [6.07, 6.45) is -8.61. The summed E-state index contributed by atoms with van der Waals surface area (Å²) >= 11 is 0. The number of hydrogen-bond acceptors (Lipinski definition) is 9. The van der Waals surface area contributed by atoms with Crippen LogP contribution in [0.3, 0.4) is 0 Å². The van der Waals surface area contributed by atoms with Crippen molar-refractivity contribution in [2.24, 2.45) is 0 Å². The fourth-order valence-corrected chi connectivity index (χ4v) is 1.71. The first-order valence-corrected chi connectivity index (χ1v) is 5.73. The maximum Gasteiger partial charge on any atom is 1.00 e. The minimum Gasteiger partial charge on any atom is -0.790 e. The van der Waals surface area contributed by atoms with Gasteiger partial charge >= 0.3 is 59.1 Å². The van der Waals surface area contributed by atoms with Gasteiger partial charge in [0.1, 0.15) is 24.4 Å². The summed E-state index contributed by atoms with van der Waals surface area (Å²) in [5.41, 5.74) is 0. The van der Waals surface area contributed by atoms with Crippen LogP contribution in [-0.4, -0.2) is 57.7 Å². The zero-order chi connectivity index (χ0) is 12.5. The third-order valence-corrected chi connectivity index (χ3v) is 2.55. The number of rotatable bonds is 3. The molecule has 4 N–H and O–H groups in total. The Labute approximate surface area is 147 Å². The van der Waals surface area contributed by atoms with Gasteiger partial charge in [-0.05, 0) is 0 Å². The molecule has 5 atom stereocenters. The molecule has 96 valence electrons. The van der Waals surface area contributed by atoms with E-state index in [0.29, 0.717) is 0 Å². The Morgan fingerprint density at radius 2 is 1.61 bits per heavy atom. The molecule has 1 saturated heterocycles. The molecule has 1 rings (SSSR count). The van der Waals surface area contributed by atoms with Gasteiger partial charge in [0.2, 0.25) is 0 Å². The van der Waals surface area contributed by atoms with E-state index in [2.05, 4.69) is 9.26 Å². The van der Waals surface area contributed by atoms with Gasteiger partial charge in [-0.2, -0.15) is 0 Å². The molecule has 1 aliphatic heterocycles. The molecular weight excluding hydrogens is 293 g/mol. The van der Waals surface area contributed by atoms with Crippen molar-refractivity contribution < 1.29 is 103 Å². The predicted octanol–water partition coefficient (Wildman–Crippen LogP) is -10.4. The molecule has 0 saturated carbocycles. The number of aliphatic hydroxyl groups excluding tert-OH is 4. The second-order valence-corrected chi connectivity index (χ2v) is 4.36. The molecule has 0 aliphatic carbocycles. The average molecular weight is 304 g/mol. The van der Waals surface area contributed by atoms with Gasteiger partial charge in [-0.25, -0.2) is 0 Å². The summed E-state index contributed by atoms with van der Waals surface area (Å²) in [5, 5.41) is 36.5. The average Bonchev–Trinajstić information content (AvgIpc) is 2.17. The molecule has 0 aromatic rings. The largest absolute Gasteiger partial charge is 1.00 e. The van der Waals surface area contributed by atoms with Crippen molar-refractivity contribution in [3.05, 3.63) is 0 Å². The van der Waals surface area contributed by atoms with Gasteiger partial charge < -0.3 is 44.0 Å². The Hall–Kier alpha value is 1.91. The molecule has 0 spiro atoms. The topological polar surface area (TPSA) is 163 Å². The number of hydrogen-bond donors (Lipinski definition) is 4. The van der Waals surface area contributed by atoms with Crippen LogP contribution in [0.1, 0.15) is 0 Å². The minimum atomic E-state index is -5.41. The SMILES string of the molecule is O=P([O-])([O-])OC1O[C@H](CO)[C@@H](O)[C@H](O)[C@H]1O.[Na+].[Na+]. The summed E-state index contributed by atoms with van der Waals surface area (Å²) in [5.74, 6) is 0. The molecule has 18 heavy (non-hydrogen) atoms. The molecule has 12 heteroatoms. The maximum absolute atomic E-state index is 10.3. The van der Waals surface area contributed by atoms with E-state index in [9.17, 15) is 29.7 Å². The van der Waals surface area contributed by atoms with Crippen LogP contribution in [0.5, 0.6) is 0 Å². The summed E-state index contributed by atoms with van der Waals surface area (Å²) in [4.78, 5) is 20.6. The van der Waals surface area contributed by atoms with E-state index in [-0.39, 0.29) is 59.1 Å². The normalized spacial score (nSPS) is 36.4. The summed E-state index contributed by atoms with van der Waals surface area (Å²) < 4.78 is 18.7. The molecule has 0 amide bonds. The summed E-state index contributed by atoms with van der Waals surface area (Å²) in [6.45, 7) is -0.743. The van der Waals surface area contributed by atoms with Crippen molar-refractivity contribution in [1.29, 1.82) is 0 Å². The monoisotopic (exact) mass is 304 g/mol. The van der Waals surface area contributed by atoms with Gasteiger partial charge in [0, 0.05) is 0 Å². The molecule has 0 aromatic heterocycles. The third-order valence-electron chi connectivity index (χ3n) is 2.08. The fraction of sp³-hybridized carbons (Fsp3) is 1.00. The molecular formula is C6H11Na2O9P. The summed E-state index contributed by atoms with van der Waals surface area (Å²) in [7, 11) is -5.41. The Bertz CT molecular complexity index is 284. The molecule has 1 heterocycles. The Kier molecular flexibility index (Phi) is 11.1. The van der Waals surface area contributed by atoms with E-state index in [4.69, 9.17) is 5.11 Å². The Balaban J connectivity index is 0. The van der Waals surface area contributed by atoms with Crippen LogP contribution >= 0.6 is 7.82 Å². The molecule has 0 radical (unpaired) electrons. The van der Waals surface area contributed by atoms with Crippen molar-refractivity contribution in [3.8, 4) is 0 Å². The second-order valence-electron chi connectivity index (χ2n) is 3.25. The van der Waals surface area contributed by atoms with E-state index in [1.165, 1.54) is 0 Å². The van der Waals surface area contributed by atoms with Gasteiger partial charge in [0.25, 0.3) is 0 Å². The van der Waals surface area contributed by atoms with Crippen molar-refractivity contribution >= 4 is 7.82 Å². The van der Waals surface area contributed by atoms with E-state index in [0.717, 1.165) is 0 Å². The first kappa shape index (κ1) is 22.2. The number of phosphoric acid groups is 1. The van der Waals surface area contributed by atoms with Crippen LogP contribution in [-0.2, 0) is 13.8 Å². The number of phosphoric ester groups is 1. The Morgan fingerprint density at radius 3 is 2.00 bits per heavy atom. The standard InChI is InChI=1S/C6H13O9P.2Na/c7-1-2-3(8)4(9)5(10)6(14-2)15-16(11,12)13;;/h2-10H,1H2,(H2,11,12,13);;/q;2*+1/p-2/t2-,3-,4+,5-,6?;;/m1../s1. The van der Waals surface area contributed by atoms with Gasteiger partial charge in [-0.3, -0.25) is 0 Å². The van der Waals surface area contributed by atoms with E-state index >= 15 is 0 Å². The van der Waals surface area contributed by atoms with Crippen LogP contribution in [0.4, 0.5) is 0 Å². The first-order chi connectivity index (χ1) is 7.26. The van der Waals surface area contributed by atoms with E-state index < -0.39 is 45.1 Å². The molecule has 0 aromatic carbocycles. The summed E-state index contributed by atoms with van der Waals surface area (Å²) in [6, 6.07) is 0. The predicted molar refractivity (Wildman–Crippen MR) is 42.5 cm³/mol. The molecule has 1 fully saturated rings. The van der Waals surface area contributed by atoms with Gasteiger partial charge in [0.05, 0.1) is 14.4 Å². The van der Waals surface area contributed by atoms with Crippen molar-refractivity contribution in [2.45, 2.75) is 30.7 Å². The molecule has 9 nitrogen and oxygen atoms in total. The zero-order valence-electron chi connectivity index (χ0n) is 9.87. The fourth-order valence-electron chi connectivity index (χ4n) is 1.28.